The molecule has 0 radical (unpaired) electrons. The van der Waals surface area contributed by atoms with Crippen molar-refractivity contribution in [1.82, 2.24) is 9.13 Å². The van der Waals surface area contributed by atoms with Gasteiger partial charge in [-0.3, -0.25) is 14.2 Å². The second kappa shape index (κ2) is 7.62. The Morgan fingerprint density at radius 2 is 1.96 bits per heavy atom. The first-order valence-corrected chi connectivity index (χ1v) is 11.2. The van der Waals surface area contributed by atoms with Crippen LogP contribution in [0.2, 0.25) is 0 Å². The Morgan fingerprint density at radius 1 is 1.35 bits per heavy atom. The summed E-state index contributed by atoms with van der Waals surface area (Å²) in [6, 6.07) is 0.980. The van der Waals surface area contributed by atoms with Crippen LogP contribution in [0.4, 0.5) is 0 Å². The molecule has 1 saturated heterocycles. The Kier molecular flexibility index (Phi) is 6.09. The molecule has 5 atom stereocenters. The van der Waals surface area contributed by atoms with Crippen LogP contribution in [0, 0.1) is 0 Å². The minimum absolute atomic E-state index is 0.378. The summed E-state index contributed by atoms with van der Waals surface area (Å²) in [4.78, 5) is 35.7. The highest BCUT2D eigenvalue weighted by Gasteiger charge is 2.44. The first-order valence-electron chi connectivity index (χ1n) is 8.15. The summed E-state index contributed by atoms with van der Waals surface area (Å²) in [7, 11) is 0. The summed E-state index contributed by atoms with van der Waals surface area (Å²) >= 11 is 0. The van der Waals surface area contributed by atoms with Crippen molar-refractivity contribution in [2.45, 2.75) is 44.1 Å². The molecule has 1 aromatic heterocycles. The van der Waals surface area contributed by atoms with Gasteiger partial charge in [-0.25, -0.2) is 9.36 Å². The standard InChI is InChI=1S/C16H25N2O7P/c1-9(19)14(23)18-11(20)5-7-17(16(18)24)15-13(22)12(21)10(25-15)6-8-26(2,3)4/h5,7,10,12-15,21-23H,2,6,8H2,1,3-4H3/t10-,12-,13-,14?,15-/m1/s1. The molecule has 146 valence electrons. The first kappa shape index (κ1) is 20.8. The van der Waals surface area contributed by atoms with E-state index in [4.69, 9.17) is 4.74 Å². The van der Waals surface area contributed by atoms with E-state index in [1.54, 1.807) is 0 Å². The largest absolute Gasteiger partial charge is 0.388 e. The number of hydrogen-bond acceptors (Lipinski definition) is 7. The number of nitrogens with zero attached hydrogens (tertiary/aromatic N) is 2. The zero-order valence-corrected chi connectivity index (χ0v) is 15.9. The van der Waals surface area contributed by atoms with Crippen LogP contribution in [0.25, 0.3) is 0 Å². The normalized spacial score (nSPS) is 27.5. The third-order valence-corrected chi connectivity index (χ3v) is 5.75. The highest BCUT2D eigenvalue weighted by molar-refractivity contribution is 7.72. The molecular weight excluding hydrogens is 363 g/mol. The number of aliphatic hydroxyl groups excluding tert-OH is 3. The van der Waals surface area contributed by atoms with Crippen molar-refractivity contribution >= 4 is 19.0 Å². The molecule has 1 fully saturated rings. The Hall–Kier alpha value is -1.51. The van der Waals surface area contributed by atoms with Crippen LogP contribution < -0.4 is 11.2 Å². The average Bonchev–Trinajstić information content (AvgIpc) is 2.80. The number of rotatable bonds is 6. The van der Waals surface area contributed by atoms with E-state index in [0.29, 0.717) is 11.0 Å². The summed E-state index contributed by atoms with van der Waals surface area (Å²) in [6.45, 7) is 3.75. The molecule has 0 aromatic carbocycles. The van der Waals surface area contributed by atoms with Gasteiger partial charge in [-0.05, 0) is 32.8 Å². The third kappa shape index (κ3) is 4.24. The smallest absolute Gasteiger partial charge is 0.335 e. The molecule has 3 N–H and O–H groups in total. The summed E-state index contributed by atoms with van der Waals surface area (Å²) in [5, 5.41) is 30.3. The van der Waals surface area contributed by atoms with E-state index in [-0.39, 0.29) is 0 Å². The fourth-order valence-corrected chi connectivity index (χ4v) is 3.74. The van der Waals surface area contributed by atoms with E-state index < -0.39 is 54.7 Å². The third-order valence-electron chi connectivity index (χ3n) is 4.28. The van der Waals surface area contributed by atoms with E-state index in [1.807, 2.05) is 13.3 Å². The lowest BCUT2D eigenvalue weighted by atomic mass is 10.1. The van der Waals surface area contributed by atoms with E-state index in [1.165, 1.54) is 0 Å². The Morgan fingerprint density at radius 3 is 2.50 bits per heavy atom. The maximum Gasteiger partial charge on any atom is 0.335 e. The predicted molar refractivity (Wildman–Crippen MR) is 98.2 cm³/mol. The molecule has 26 heavy (non-hydrogen) atoms. The maximum atomic E-state index is 12.5. The molecule has 1 aliphatic heterocycles. The highest BCUT2D eigenvalue weighted by Crippen LogP contribution is 2.39. The van der Waals surface area contributed by atoms with Crippen LogP contribution in [-0.2, 0) is 9.53 Å². The Labute approximate surface area is 150 Å². The van der Waals surface area contributed by atoms with Crippen LogP contribution in [0.3, 0.4) is 0 Å². The van der Waals surface area contributed by atoms with Crippen molar-refractivity contribution < 1.29 is 24.9 Å². The summed E-state index contributed by atoms with van der Waals surface area (Å²) in [5.74, 6) is -0.783. The van der Waals surface area contributed by atoms with Crippen LogP contribution in [0.1, 0.15) is 25.8 Å². The van der Waals surface area contributed by atoms with Gasteiger partial charge in [0, 0.05) is 12.3 Å². The number of aromatic nitrogens is 2. The molecular formula is C16H25N2O7P. The van der Waals surface area contributed by atoms with E-state index in [0.717, 1.165) is 29.9 Å². The quantitative estimate of drug-likeness (QED) is 0.522. The van der Waals surface area contributed by atoms with Crippen molar-refractivity contribution in [3.63, 3.8) is 0 Å². The SMILES string of the molecule is C=P(C)(C)CC[C@H]1O[C@@H](n2ccc(=O)n(C(O)C(C)=O)c2=O)[C@H](O)[C@@H]1O. The number of aliphatic hydroxyl groups is 3. The highest BCUT2D eigenvalue weighted by atomic mass is 31.2. The molecule has 0 spiro atoms. The summed E-state index contributed by atoms with van der Waals surface area (Å²) in [5.41, 5.74) is -1.87. The maximum absolute atomic E-state index is 12.5. The molecule has 0 aliphatic carbocycles. The number of carbonyl (C=O) groups is 1. The van der Waals surface area contributed by atoms with Gasteiger partial charge in [0.1, 0.15) is 12.2 Å². The van der Waals surface area contributed by atoms with Crippen molar-refractivity contribution in [1.29, 1.82) is 0 Å². The van der Waals surface area contributed by atoms with Gasteiger partial charge in [0.05, 0.1) is 6.10 Å². The van der Waals surface area contributed by atoms with E-state index in [9.17, 15) is 29.7 Å². The van der Waals surface area contributed by atoms with Gasteiger partial charge < -0.3 is 20.1 Å². The molecule has 1 unspecified atom stereocenters. The minimum atomic E-state index is -1.93. The summed E-state index contributed by atoms with van der Waals surface area (Å²) < 4.78 is 6.93. The molecule has 9 nitrogen and oxygen atoms in total. The van der Waals surface area contributed by atoms with Gasteiger partial charge in [0.2, 0.25) is 0 Å². The minimum Gasteiger partial charge on any atom is -0.388 e. The van der Waals surface area contributed by atoms with Gasteiger partial charge >= 0.3 is 5.69 Å². The molecule has 0 amide bonds. The van der Waals surface area contributed by atoms with Gasteiger partial charge in [-0.1, -0.05) is 0 Å². The number of ether oxygens (including phenoxy) is 1. The van der Waals surface area contributed by atoms with Gasteiger partial charge in [-0.15, -0.1) is 13.2 Å². The van der Waals surface area contributed by atoms with E-state index >= 15 is 0 Å². The van der Waals surface area contributed by atoms with E-state index in [2.05, 4.69) is 6.30 Å². The van der Waals surface area contributed by atoms with Crippen LogP contribution in [0.15, 0.2) is 21.9 Å². The molecule has 2 rings (SSSR count). The number of ketones is 1. The lowest BCUT2D eigenvalue weighted by Crippen LogP contribution is -2.46. The van der Waals surface area contributed by atoms with Crippen LogP contribution in [-0.4, -0.2) is 74.3 Å². The molecule has 1 aromatic rings. The first-order chi connectivity index (χ1) is 11.9. The molecule has 1 aliphatic rings. The fourth-order valence-electron chi connectivity index (χ4n) is 2.78. The van der Waals surface area contributed by atoms with Gasteiger partial charge in [0.15, 0.2) is 18.2 Å². The van der Waals surface area contributed by atoms with Gasteiger partial charge in [0.25, 0.3) is 5.56 Å². The zero-order valence-electron chi connectivity index (χ0n) is 15.0. The Bertz CT molecular complexity index is 840. The number of hydrogen-bond donors (Lipinski definition) is 3. The zero-order chi connectivity index (χ0) is 19.8. The number of Topliss-reactive ketones (excluding diaryl/α,β-unsaturated/α-hetero) is 1. The van der Waals surface area contributed by atoms with Crippen LogP contribution >= 0.6 is 6.89 Å². The predicted octanol–water partition coefficient (Wildman–Crippen LogP) is -1.19. The van der Waals surface area contributed by atoms with Crippen molar-refractivity contribution in [2.24, 2.45) is 0 Å². The lowest BCUT2D eigenvalue weighted by Gasteiger charge is -2.20. The summed E-state index contributed by atoms with van der Waals surface area (Å²) in [6.07, 6.45) is -0.0936. The fraction of sp³-hybridized carbons (Fsp3) is 0.625. The van der Waals surface area contributed by atoms with Crippen molar-refractivity contribution in [2.75, 3.05) is 19.5 Å². The molecule has 2 heterocycles. The van der Waals surface area contributed by atoms with Gasteiger partial charge in [-0.2, -0.15) is 0 Å². The lowest BCUT2D eigenvalue weighted by molar-refractivity contribution is -0.129. The second-order valence-electron chi connectivity index (χ2n) is 7.19. The number of carbonyl (C=O) groups excluding carboxylic acids is 1. The van der Waals surface area contributed by atoms with Crippen molar-refractivity contribution in [3.8, 4) is 0 Å². The molecule has 0 saturated carbocycles. The monoisotopic (exact) mass is 388 g/mol. The average molecular weight is 388 g/mol. The van der Waals surface area contributed by atoms with Crippen molar-refractivity contribution in [3.05, 3.63) is 33.1 Å². The Balaban J connectivity index is 2.35. The molecule has 10 heteroatoms. The van der Waals surface area contributed by atoms with Crippen LogP contribution in [0.5, 0.6) is 0 Å². The topological polar surface area (TPSA) is 131 Å². The molecule has 0 bridgehead atoms. The second-order valence-corrected chi connectivity index (χ2v) is 11.5.